The summed E-state index contributed by atoms with van der Waals surface area (Å²) in [6.45, 7) is 8.92. The van der Waals surface area contributed by atoms with E-state index in [0.29, 0.717) is 0 Å². The van der Waals surface area contributed by atoms with Gasteiger partial charge in [0, 0.05) is 13.1 Å². The lowest BCUT2D eigenvalue weighted by atomic mass is 9.88. The summed E-state index contributed by atoms with van der Waals surface area (Å²) in [7, 11) is 0. The van der Waals surface area contributed by atoms with Gasteiger partial charge in [-0.2, -0.15) is 0 Å². The summed E-state index contributed by atoms with van der Waals surface area (Å²) < 4.78 is 0. The summed E-state index contributed by atoms with van der Waals surface area (Å²) in [5.74, 6) is 2.94. The van der Waals surface area contributed by atoms with Gasteiger partial charge in [-0.05, 0) is 50.0 Å². The van der Waals surface area contributed by atoms with Crippen LogP contribution >= 0.6 is 0 Å². The van der Waals surface area contributed by atoms with Gasteiger partial charge in [0.1, 0.15) is 0 Å². The van der Waals surface area contributed by atoms with E-state index in [1.165, 1.54) is 45.3 Å². The van der Waals surface area contributed by atoms with E-state index in [1.807, 2.05) is 0 Å². The van der Waals surface area contributed by atoms with Crippen LogP contribution in [-0.2, 0) is 0 Å². The van der Waals surface area contributed by atoms with Crippen molar-refractivity contribution >= 4 is 0 Å². The van der Waals surface area contributed by atoms with Crippen LogP contribution in [0.5, 0.6) is 0 Å². The molecule has 0 aromatic rings. The van der Waals surface area contributed by atoms with E-state index in [-0.39, 0.29) is 0 Å². The SMILES string of the molecule is CC(C)C1CCCN(CC2CC2)C1. The van der Waals surface area contributed by atoms with Crippen molar-refractivity contribution in [2.24, 2.45) is 17.8 Å². The maximum atomic E-state index is 2.71. The minimum absolute atomic E-state index is 0.891. The van der Waals surface area contributed by atoms with Crippen molar-refractivity contribution in [1.29, 1.82) is 0 Å². The van der Waals surface area contributed by atoms with Crippen LogP contribution in [0.15, 0.2) is 0 Å². The molecule has 1 saturated carbocycles. The Balaban J connectivity index is 1.77. The van der Waals surface area contributed by atoms with E-state index >= 15 is 0 Å². The monoisotopic (exact) mass is 181 g/mol. The lowest BCUT2D eigenvalue weighted by molar-refractivity contribution is 0.140. The molecule has 2 rings (SSSR count). The zero-order valence-electron chi connectivity index (χ0n) is 9.13. The van der Waals surface area contributed by atoms with Gasteiger partial charge in [-0.15, -0.1) is 0 Å². The largest absolute Gasteiger partial charge is 0.303 e. The maximum Gasteiger partial charge on any atom is 0.00122 e. The Labute approximate surface area is 82.5 Å². The number of hydrogen-bond acceptors (Lipinski definition) is 1. The van der Waals surface area contributed by atoms with Gasteiger partial charge in [0.2, 0.25) is 0 Å². The molecular formula is C12H23N. The lowest BCUT2D eigenvalue weighted by Gasteiger charge is -2.34. The first-order chi connectivity index (χ1) is 6.25. The van der Waals surface area contributed by atoms with Crippen LogP contribution < -0.4 is 0 Å². The van der Waals surface area contributed by atoms with Gasteiger partial charge >= 0.3 is 0 Å². The van der Waals surface area contributed by atoms with Gasteiger partial charge in [0.25, 0.3) is 0 Å². The molecule has 0 radical (unpaired) electrons. The Hall–Kier alpha value is -0.0400. The molecule has 0 aromatic heterocycles. The summed E-state index contributed by atoms with van der Waals surface area (Å²) >= 11 is 0. The Kier molecular flexibility index (Phi) is 2.92. The standard InChI is InChI=1S/C12H23N/c1-10(2)12-4-3-7-13(9-12)8-11-5-6-11/h10-12H,3-9H2,1-2H3. The summed E-state index contributed by atoms with van der Waals surface area (Å²) in [5, 5.41) is 0. The minimum Gasteiger partial charge on any atom is -0.303 e. The Morgan fingerprint density at radius 2 is 2.00 bits per heavy atom. The maximum absolute atomic E-state index is 2.71. The number of likely N-dealkylation sites (tertiary alicyclic amines) is 1. The molecule has 0 aromatic carbocycles. The van der Waals surface area contributed by atoms with Gasteiger partial charge in [0.15, 0.2) is 0 Å². The molecule has 0 amide bonds. The molecule has 1 heterocycles. The third-order valence-electron chi connectivity index (χ3n) is 3.70. The normalized spacial score (nSPS) is 31.2. The van der Waals surface area contributed by atoms with E-state index in [2.05, 4.69) is 18.7 Å². The fourth-order valence-electron chi connectivity index (χ4n) is 2.47. The number of rotatable bonds is 3. The first-order valence-electron chi connectivity index (χ1n) is 5.98. The lowest BCUT2D eigenvalue weighted by Crippen LogP contribution is -2.38. The highest BCUT2D eigenvalue weighted by Crippen LogP contribution is 2.32. The van der Waals surface area contributed by atoms with E-state index < -0.39 is 0 Å². The minimum atomic E-state index is 0.891. The highest BCUT2D eigenvalue weighted by atomic mass is 15.1. The summed E-state index contributed by atoms with van der Waals surface area (Å²) in [4.78, 5) is 2.71. The Bertz CT molecular complexity index is 161. The molecule has 0 spiro atoms. The molecule has 1 aliphatic heterocycles. The Morgan fingerprint density at radius 1 is 1.23 bits per heavy atom. The van der Waals surface area contributed by atoms with Crippen molar-refractivity contribution in [1.82, 2.24) is 4.90 Å². The van der Waals surface area contributed by atoms with Crippen molar-refractivity contribution in [3.8, 4) is 0 Å². The highest BCUT2D eigenvalue weighted by Gasteiger charge is 2.28. The second kappa shape index (κ2) is 4.00. The first-order valence-corrected chi connectivity index (χ1v) is 5.98. The van der Waals surface area contributed by atoms with Gasteiger partial charge < -0.3 is 4.90 Å². The number of hydrogen-bond donors (Lipinski definition) is 0. The molecule has 2 aliphatic rings. The molecule has 13 heavy (non-hydrogen) atoms. The predicted molar refractivity (Wildman–Crippen MR) is 56.7 cm³/mol. The molecule has 2 fully saturated rings. The van der Waals surface area contributed by atoms with Crippen LogP contribution in [0.25, 0.3) is 0 Å². The number of nitrogens with zero attached hydrogens (tertiary/aromatic N) is 1. The summed E-state index contributed by atoms with van der Waals surface area (Å²) in [6, 6.07) is 0. The zero-order valence-corrected chi connectivity index (χ0v) is 9.13. The second-order valence-electron chi connectivity index (χ2n) is 5.35. The Morgan fingerprint density at radius 3 is 2.62 bits per heavy atom. The van der Waals surface area contributed by atoms with Crippen molar-refractivity contribution < 1.29 is 0 Å². The molecule has 1 nitrogen and oxygen atoms in total. The molecule has 1 heteroatoms. The molecular weight excluding hydrogens is 158 g/mol. The van der Waals surface area contributed by atoms with E-state index in [1.54, 1.807) is 0 Å². The second-order valence-corrected chi connectivity index (χ2v) is 5.35. The fraction of sp³-hybridized carbons (Fsp3) is 1.00. The van der Waals surface area contributed by atoms with Gasteiger partial charge in [-0.3, -0.25) is 0 Å². The van der Waals surface area contributed by atoms with Crippen LogP contribution in [0.2, 0.25) is 0 Å². The van der Waals surface area contributed by atoms with Crippen molar-refractivity contribution in [3.63, 3.8) is 0 Å². The third kappa shape index (κ3) is 2.70. The molecule has 0 bridgehead atoms. The van der Waals surface area contributed by atoms with Crippen molar-refractivity contribution in [2.45, 2.75) is 39.5 Å². The molecule has 76 valence electrons. The molecule has 1 saturated heterocycles. The molecule has 1 unspecified atom stereocenters. The average Bonchev–Trinajstić information content (AvgIpc) is 2.89. The van der Waals surface area contributed by atoms with Gasteiger partial charge in [0.05, 0.1) is 0 Å². The average molecular weight is 181 g/mol. The molecule has 1 atom stereocenters. The molecule has 0 N–H and O–H groups in total. The fourth-order valence-corrected chi connectivity index (χ4v) is 2.47. The highest BCUT2D eigenvalue weighted by molar-refractivity contribution is 4.81. The summed E-state index contributed by atoms with van der Waals surface area (Å²) in [5.41, 5.74) is 0. The van der Waals surface area contributed by atoms with Crippen LogP contribution in [0.4, 0.5) is 0 Å². The predicted octanol–water partition coefficient (Wildman–Crippen LogP) is 2.76. The molecule has 1 aliphatic carbocycles. The van der Waals surface area contributed by atoms with Crippen LogP contribution in [0, 0.1) is 17.8 Å². The van der Waals surface area contributed by atoms with E-state index in [4.69, 9.17) is 0 Å². The van der Waals surface area contributed by atoms with Crippen molar-refractivity contribution in [2.75, 3.05) is 19.6 Å². The van der Waals surface area contributed by atoms with Crippen LogP contribution in [0.3, 0.4) is 0 Å². The van der Waals surface area contributed by atoms with Crippen molar-refractivity contribution in [3.05, 3.63) is 0 Å². The van der Waals surface area contributed by atoms with Crippen LogP contribution in [0.1, 0.15) is 39.5 Å². The van der Waals surface area contributed by atoms with E-state index in [9.17, 15) is 0 Å². The third-order valence-corrected chi connectivity index (χ3v) is 3.70. The zero-order chi connectivity index (χ0) is 9.26. The summed E-state index contributed by atoms with van der Waals surface area (Å²) in [6.07, 6.45) is 5.92. The van der Waals surface area contributed by atoms with Gasteiger partial charge in [-0.25, -0.2) is 0 Å². The van der Waals surface area contributed by atoms with Gasteiger partial charge in [-0.1, -0.05) is 13.8 Å². The first kappa shape index (κ1) is 9.51. The number of piperidine rings is 1. The van der Waals surface area contributed by atoms with Crippen LogP contribution in [-0.4, -0.2) is 24.5 Å². The topological polar surface area (TPSA) is 3.24 Å². The smallest absolute Gasteiger partial charge is 0.00122 e. The van der Waals surface area contributed by atoms with E-state index in [0.717, 1.165) is 17.8 Å². The quantitative estimate of drug-likeness (QED) is 0.647.